The highest BCUT2D eigenvalue weighted by Gasteiger charge is 2.20. The highest BCUT2D eigenvalue weighted by molar-refractivity contribution is 6.32. The van der Waals surface area contributed by atoms with Gasteiger partial charge in [0, 0.05) is 18.4 Å². The number of anilines is 1. The number of nitrogens with zero attached hydrogens (tertiary/aromatic N) is 2. The van der Waals surface area contributed by atoms with Crippen LogP contribution >= 0.6 is 11.6 Å². The minimum atomic E-state index is -0.159. The molecule has 1 amide bonds. The van der Waals surface area contributed by atoms with Crippen LogP contribution in [0.3, 0.4) is 0 Å². The van der Waals surface area contributed by atoms with Crippen molar-refractivity contribution in [3.05, 3.63) is 47.5 Å². The average Bonchev–Trinajstić information content (AvgIpc) is 3.00. The predicted molar refractivity (Wildman–Crippen MR) is 82.8 cm³/mol. The van der Waals surface area contributed by atoms with Crippen LogP contribution in [0.4, 0.5) is 5.69 Å². The summed E-state index contributed by atoms with van der Waals surface area (Å²) in [5, 5.41) is 6.45. The van der Waals surface area contributed by atoms with Gasteiger partial charge in [-0.25, -0.2) is 4.98 Å². The van der Waals surface area contributed by atoms with E-state index in [1.165, 1.54) is 0 Å². The van der Waals surface area contributed by atoms with Gasteiger partial charge >= 0.3 is 0 Å². The Bertz CT molecular complexity index is 634. The summed E-state index contributed by atoms with van der Waals surface area (Å²) in [5.41, 5.74) is 1.18. The van der Waals surface area contributed by atoms with Gasteiger partial charge in [0.25, 0.3) is 5.91 Å². The first-order chi connectivity index (χ1) is 10.3. The number of hydrogen-bond donors (Lipinski definition) is 2. The molecule has 0 saturated carbocycles. The molecule has 1 fully saturated rings. The van der Waals surface area contributed by atoms with Crippen molar-refractivity contribution in [2.75, 3.05) is 18.4 Å². The van der Waals surface area contributed by atoms with E-state index in [9.17, 15) is 4.79 Å². The van der Waals surface area contributed by atoms with Gasteiger partial charge in [-0.15, -0.1) is 0 Å². The molecule has 0 radical (unpaired) electrons. The SMILES string of the molecule is O=C(Nc1cccnc1Cl)c1cccn1C1CCNCC1. The summed E-state index contributed by atoms with van der Waals surface area (Å²) >= 11 is 5.98. The van der Waals surface area contributed by atoms with Crippen LogP contribution in [0.1, 0.15) is 29.4 Å². The van der Waals surface area contributed by atoms with E-state index in [-0.39, 0.29) is 5.91 Å². The Balaban J connectivity index is 1.79. The van der Waals surface area contributed by atoms with Crippen molar-refractivity contribution in [3.63, 3.8) is 0 Å². The molecule has 2 aromatic heterocycles. The van der Waals surface area contributed by atoms with E-state index in [0.29, 0.717) is 22.6 Å². The van der Waals surface area contributed by atoms with Crippen LogP contribution in [-0.4, -0.2) is 28.5 Å². The van der Waals surface area contributed by atoms with E-state index >= 15 is 0 Å². The van der Waals surface area contributed by atoms with E-state index in [2.05, 4.69) is 20.2 Å². The number of nitrogens with one attached hydrogen (secondary N) is 2. The highest BCUT2D eigenvalue weighted by Crippen LogP contribution is 2.23. The molecule has 1 saturated heterocycles. The Kier molecular flexibility index (Phi) is 4.22. The van der Waals surface area contributed by atoms with Gasteiger partial charge in [0.15, 0.2) is 5.15 Å². The molecule has 0 bridgehead atoms. The Morgan fingerprint density at radius 1 is 1.33 bits per heavy atom. The van der Waals surface area contributed by atoms with Crippen LogP contribution in [0.2, 0.25) is 5.15 Å². The molecular formula is C15H17ClN4O. The maximum atomic E-state index is 12.5. The lowest BCUT2D eigenvalue weighted by molar-refractivity contribution is 0.101. The van der Waals surface area contributed by atoms with E-state index in [4.69, 9.17) is 11.6 Å². The lowest BCUT2D eigenvalue weighted by atomic mass is 10.1. The quantitative estimate of drug-likeness (QED) is 0.857. The van der Waals surface area contributed by atoms with Crippen molar-refractivity contribution in [1.82, 2.24) is 14.9 Å². The number of rotatable bonds is 3. The molecule has 0 unspecified atom stereocenters. The first-order valence-electron chi connectivity index (χ1n) is 7.05. The standard InChI is InChI=1S/C15H17ClN4O/c16-14-12(3-1-7-18-14)19-15(21)13-4-2-10-20(13)11-5-8-17-9-6-11/h1-4,7,10-11,17H,5-6,8-9H2,(H,19,21). The number of carbonyl (C=O) groups excluding carboxylic acids is 1. The first kappa shape index (κ1) is 14.1. The van der Waals surface area contributed by atoms with Crippen LogP contribution in [-0.2, 0) is 0 Å². The fourth-order valence-electron chi connectivity index (χ4n) is 2.66. The van der Waals surface area contributed by atoms with Gasteiger partial charge in [0.05, 0.1) is 5.69 Å². The van der Waals surface area contributed by atoms with Crippen molar-refractivity contribution in [2.45, 2.75) is 18.9 Å². The highest BCUT2D eigenvalue weighted by atomic mass is 35.5. The topological polar surface area (TPSA) is 59.0 Å². The molecular weight excluding hydrogens is 288 g/mol. The molecule has 110 valence electrons. The van der Waals surface area contributed by atoms with Crippen molar-refractivity contribution in [2.24, 2.45) is 0 Å². The van der Waals surface area contributed by atoms with Crippen LogP contribution in [0, 0.1) is 0 Å². The molecule has 3 rings (SSSR count). The summed E-state index contributed by atoms with van der Waals surface area (Å²) in [5.74, 6) is -0.159. The zero-order valence-corrected chi connectivity index (χ0v) is 12.3. The van der Waals surface area contributed by atoms with Gasteiger partial charge in [-0.05, 0) is 50.2 Å². The van der Waals surface area contributed by atoms with Gasteiger partial charge in [-0.3, -0.25) is 4.79 Å². The zero-order chi connectivity index (χ0) is 14.7. The monoisotopic (exact) mass is 304 g/mol. The summed E-state index contributed by atoms with van der Waals surface area (Å²) in [4.78, 5) is 16.4. The largest absolute Gasteiger partial charge is 0.340 e. The molecule has 0 atom stereocenters. The van der Waals surface area contributed by atoms with Crippen LogP contribution in [0.25, 0.3) is 0 Å². The third kappa shape index (κ3) is 3.09. The molecule has 5 nitrogen and oxygen atoms in total. The molecule has 2 aromatic rings. The normalized spacial score (nSPS) is 15.9. The number of hydrogen-bond acceptors (Lipinski definition) is 3. The maximum absolute atomic E-state index is 12.5. The Labute approximate surface area is 128 Å². The fourth-order valence-corrected chi connectivity index (χ4v) is 2.82. The summed E-state index contributed by atoms with van der Waals surface area (Å²) in [6.07, 6.45) is 5.62. The molecule has 3 heterocycles. The Morgan fingerprint density at radius 2 is 2.14 bits per heavy atom. The van der Waals surface area contributed by atoms with Crippen LogP contribution < -0.4 is 10.6 Å². The van der Waals surface area contributed by atoms with E-state index in [0.717, 1.165) is 25.9 Å². The van der Waals surface area contributed by atoms with Crippen molar-refractivity contribution >= 4 is 23.2 Å². The minimum Gasteiger partial charge on any atom is -0.340 e. The number of piperidine rings is 1. The van der Waals surface area contributed by atoms with Crippen LogP contribution in [0.5, 0.6) is 0 Å². The third-order valence-corrected chi connectivity index (χ3v) is 4.02. The lowest BCUT2D eigenvalue weighted by Gasteiger charge is -2.25. The van der Waals surface area contributed by atoms with Crippen molar-refractivity contribution in [3.8, 4) is 0 Å². The van der Waals surface area contributed by atoms with Crippen molar-refractivity contribution < 1.29 is 4.79 Å². The summed E-state index contributed by atoms with van der Waals surface area (Å²) < 4.78 is 2.06. The van der Waals surface area contributed by atoms with Gasteiger partial charge in [-0.2, -0.15) is 0 Å². The number of pyridine rings is 1. The zero-order valence-electron chi connectivity index (χ0n) is 11.6. The Morgan fingerprint density at radius 3 is 2.90 bits per heavy atom. The van der Waals surface area contributed by atoms with E-state index < -0.39 is 0 Å². The minimum absolute atomic E-state index is 0.159. The van der Waals surface area contributed by atoms with Gasteiger partial charge < -0.3 is 15.2 Å². The molecule has 1 aliphatic heterocycles. The summed E-state index contributed by atoms with van der Waals surface area (Å²) in [6.45, 7) is 1.97. The second kappa shape index (κ2) is 6.28. The number of halogens is 1. The van der Waals surface area contributed by atoms with E-state index in [1.54, 1.807) is 18.3 Å². The average molecular weight is 305 g/mol. The van der Waals surface area contributed by atoms with E-state index in [1.807, 2.05) is 18.3 Å². The smallest absolute Gasteiger partial charge is 0.272 e. The molecule has 0 aromatic carbocycles. The van der Waals surface area contributed by atoms with Crippen molar-refractivity contribution in [1.29, 1.82) is 0 Å². The lowest BCUT2D eigenvalue weighted by Crippen LogP contribution is -2.31. The molecule has 2 N–H and O–H groups in total. The Hall–Kier alpha value is -1.85. The molecule has 1 aliphatic rings. The molecule has 0 aliphatic carbocycles. The fraction of sp³-hybridized carbons (Fsp3) is 0.333. The predicted octanol–water partition coefficient (Wildman–Crippen LogP) is 2.71. The summed E-state index contributed by atoms with van der Waals surface area (Å²) in [6, 6.07) is 7.59. The second-order valence-corrected chi connectivity index (χ2v) is 5.44. The van der Waals surface area contributed by atoms with Gasteiger partial charge in [-0.1, -0.05) is 11.6 Å². The van der Waals surface area contributed by atoms with Crippen LogP contribution in [0.15, 0.2) is 36.7 Å². The number of carbonyl (C=O) groups is 1. The molecule has 21 heavy (non-hydrogen) atoms. The number of amides is 1. The third-order valence-electron chi connectivity index (χ3n) is 3.72. The summed E-state index contributed by atoms with van der Waals surface area (Å²) in [7, 11) is 0. The molecule has 0 spiro atoms. The first-order valence-corrected chi connectivity index (χ1v) is 7.43. The maximum Gasteiger partial charge on any atom is 0.272 e. The van der Waals surface area contributed by atoms with Gasteiger partial charge in [0.2, 0.25) is 0 Å². The number of aromatic nitrogens is 2. The second-order valence-electron chi connectivity index (χ2n) is 5.08. The van der Waals surface area contributed by atoms with Gasteiger partial charge in [0.1, 0.15) is 5.69 Å². The molecule has 6 heteroatoms.